The molecule has 1 aromatic rings. The second-order valence-electron chi connectivity index (χ2n) is 5.09. The normalized spacial score (nSPS) is 17.9. The van der Waals surface area contributed by atoms with E-state index in [1.807, 2.05) is 6.92 Å². The Balaban J connectivity index is 2.10. The van der Waals surface area contributed by atoms with Gasteiger partial charge in [0.25, 0.3) is 5.91 Å². The Hall–Kier alpha value is -1.05. The second kappa shape index (κ2) is 5.52. The maximum Gasteiger partial charge on any atom is 0.253 e. The Labute approximate surface area is 126 Å². The Kier molecular flexibility index (Phi) is 4.17. The number of halogens is 2. The van der Waals surface area contributed by atoms with Crippen molar-refractivity contribution in [2.75, 3.05) is 13.1 Å². The summed E-state index contributed by atoms with van der Waals surface area (Å²) in [6.07, 6.45) is 1.44. The summed E-state index contributed by atoms with van der Waals surface area (Å²) in [6.45, 7) is 3.19. The number of hydrogen-bond acceptors (Lipinski definition) is 2. The maximum absolute atomic E-state index is 12.3. The van der Waals surface area contributed by atoms with E-state index < -0.39 is 0 Å². The number of nitrogens with zero attached hydrogens (tertiary/aromatic N) is 2. The molecular formula is C14H14BrClN2O. The van der Waals surface area contributed by atoms with Gasteiger partial charge in [-0.05, 0) is 53.9 Å². The number of carbonyl (C=O) groups excluding carboxylic acids is 1. The molecule has 1 aliphatic heterocycles. The van der Waals surface area contributed by atoms with Crippen molar-refractivity contribution in [1.29, 1.82) is 5.26 Å². The topological polar surface area (TPSA) is 44.1 Å². The van der Waals surface area contributed by atoms with Gasteiger partial charge in [0.2, 0.25) is 0 Å². The van der Waals surface area contributed by atoms with Gasteiger partial charge >= 0.3 is 0 Å². The molecular weight excluding hydrogens is 328 g/mol. The van der Waals surface area contributed by atoms with Crippen molar-refractivity contribution in [2.24, 2.45) is 5.41 Å². The van der Waals surface area contributed by atoms with Gasteiger partial charge in [0.15, 0.2) is 0 Å². The van der Waals surface area contributed by atoms with Gasteiger partial charge in [-0.1, -0.05) is 11.6 Å². The molecule has 0 atom stereocenters. The van der Waals surface area contributed by atoms with Crippen LogP contribution in [0.1, 0.15) is 30.1 Å². The average molecular weight is 342 g/mol. The van der Waals surface area contributed by atoms with Gasteiger partial charge in [0.05, 0.1) is 16.5 Å². The molecule has 0 saturated carbocycles. The van der Waals surface area contributed by atoms with E-state index in [0.29, 0.717) is 23.7 Å². The molecule has 1 heterocycles. The largest absolute Gasteiger partial charge is 0.339 e. The summed E-state index contributed by atoms with van der Waals surface area (Å²) < 4.78 is 0.779. The molecule has 0 bridgehead atoms. The fourth-order valence-corrected chi connectivity index (χ4v) is 2.55. The van der Waals surface area contributed by atoms with Crippen molar-refractivity contribution in [1.82, 2.24) is 4.90 Å². The van der Waals surface area contributed by atoms with Crippen LogP contribution in [0.3, 0.4) is 0 Å². The summed E-state index contributed by atoms with van der Waals surface area (Å²) in [6, 6.07) is 7.54. The lowest BCUT2D eigenvalue weighted by Gasteiger charge is -2.35. The van der Waals surface area contributed by atoms with Crippen molar-refractivity contribution in [3.63, 3.8) is 0 Å². The molecule has 0 spiro atoms. The summed E-state index contributed by atoms with van der Waals surface area (Å²) in [7, 11) is 0. The fraction of sp³-hybridized carbons (Fsp3) is 0.429. The molecule has 0 aromatic heterocycles. The first kappa shape index (κ1) is 14.4. The van der Waals surface area contributed by atoms with Gasteiger partial charge in [-0.25, -0.2) is 0 Å². The van der Waals surface area contributed by atoms with E-state index in [0.717, 1.165) is 17.3 Å². The molecule has 1 amide bonds. The van der Waals surface area contributed by atoms with Crippen molar-refractivity contribution in [3.05, 3.63) is 33.3 Å². The minimum atomic E-state index is -0.297. The zero-order chi connectivity index (χ0) is 14.0. The highest BCUT2D eigenvalue weighted by molar-refractivity contribution is 9.10. The molecule has 0 unspecified atom stereocenters. The molecule has 0 aliphatic carbocycles. The standard InChI is InChI=1S/C14H14BrClN2O/c1-14(9-17)4-6-18(7-5-14)13(19)10-2-3-11(15)12(16)8-10/h2-3,8H,4-7H2,1H3. The number of hydrogen-bond donors (Lipinski definition) is 0. The van der Waals surface area contributed by atoms with Crippen LogP contribution in [-0.4, -0.2) is 23.9 Å². The Morgan fingerprint density at radius 3 is 2.63 bits per heavy atom. The van der Waals surface area contributed by atoms with Crippen LogP contribution in [-0.2, 0) is 0 Å². The highest BCUT2D eigenvalue weighted by Gasteiger charge is 2.32. The highest BCUT2D eigenvalue weighted by atomic mass is 79.9. The molecule has 5 heteroatoms. The van der Waals surface area contributed by atoms with Crippen LogP contribution >= 0.6 is 27.5 Å². The first-order valence-corrected chi connectivity index (χ1v) is 7.28. The third-order valence-corrected chi connectivity index (χ3v) is 4.82. The average Bonchev–Trinajstić information content (AvgIpc) is 2.42. The molecule has 1 aliphatic rings. The zero-order valence-corrected chi connectivity index (χ0v) is 13.0. The minimum absolute atomic E-state index is 0.0191. The summed E-state index contributed by atoms with van der Waals surface area (Å²) >= 11 is 9.31. The van der Waals surface area contributed by atoms with E-state index in [4.69, 9.17) is 16.9 Å². The molecule has 1 saturated heterocycles. The lowest BCUT2D eigenvalue weighted by Crippen LogP contribution is -2.41. The maximum atomic E-state index is 12.3. The Morgan fingerprint density at radius 1 is 1.47 bits per heavy atom. The number of carbonyl (C=O) groups is 1. The third-order valence-electron chi connectivity index (χ3n) is 3.59. The second-order valence-corrected chi connectivity index (χ2v) is 6.36. The van der Waals surface area contributed by atoms with E-state index in [9.17, 15) is 4.79 Å². The van der Waals surface area contributed by atoms with Crippen molar-refractivity contribution >= 4 is 33.4 Å². The van der Waals surface area contributed by atoms with E-state index in [1.54, 1.807) is 23.1 Å². The molecule has 1 fully saturated rings. The van der Waals surface area contributed by atoms with Crippen LogP contribution in [0.5, 0.6) is 0 Å². The van der Waals surface area contributed by atoms with Gasteiger partial charge in [-0.2, -0.15) is 5.26 Å². The van der Waals surface area contributed by atoms with Crippen molar-refractivity contribution in [3.8, 4) is 6.07 Å². The van der Waals surface area contributed by atoms with E-state index in [1.165, 1.54) is 0 Å². The van der Waals surface area contributed by atoms with Crippen LogP contribution < -0.4 is 0 Å². The summed E-state index contributed by atoms with van der Waals surface area (Å²) in [5.74, 6) is -0.0191. The molecule has 2 rings (SSSR count). The van der Waals surface area contributed by atoms with Gasteiger partial charge in [0, 0.05) is 23.1 Å². The van der Waals surface area contributed by atoms with Crippen LogP contribution in [0.15, 0.2) is 22.7 Å². The number of rotatable bonds is 1. The van der Waals surface area contributed by atoms with Crippen LogP contribution in [0.4, 0.5) is 0 Å². The monoisotopic (exact) mass is 340 g/mol. The molecule has 0 N–H and O–H groups in total. The Bertz CT molecular complexity index is 545. The number of likely N-dealkylation sites (tertiary alicyclic amines) is 1. The van der Waals surface area contributed by atoms with E-state index in [2.05, 4.69) is 22.0 Å². The molecule has 1 aromatic carbocycles. The van der Waals surface area contributed by atoms with Gasteiger partial charge < -0.3 is 4.90 Å². The van der Waals surface area contributed by atoms with Gasteiger partial charge in [-0.15, -0.1) is 0 Å². The molecule has 19 heavy (non-hydrogen) atoms. The van der Waals surface area contributed by atoms with Crippen molar-refractivity contribution in [2.45, 2.75) is 19.8 Å². The fourth-order valence-electron chi connectivity index (χ4n) is 2.13. The highest BCUT2D eigenvalue weighted by Crippen LogP contribution is 2.31. The predicted octanol–water partition coefficient (Wildman–Crippen LogP) is 3.87. The van der Waals surface area contributed by atoms with Gasteiger partial charge in [0.1, 0.15) is 0 Å². The summed E-state index contributed by atoms with van der Waals surface area (Å²) in [5, 5.41) is 9.62. The number of piperidine rings is 1. The van der Waals surface area contributed by atoms with E-state index in [-0.39, 0.29) is 11.3 Å². The SMILES string of the molecule is CC1(C#N)CCN(C(=O)c2ccc(Br)c(Cl)c2)CC1. The molecule has 3 nitrogen and oxygen atoms in total. The zero-order valence-electron chi connectivity index (χ0n) is 10.6. The smallest absolute Gasteiger partial charge is 0.253 e. The lowest BCUT2D eigenvalue weighted by atomic mass is 9.82. The summed E-state index contributed by atoms with van der Waals surface area (Å²) in [4.78, 5) is 14.1. The number of amides is 1. The number of nitriles is 1. The predicted molar refractivity (Wildman–Crippen MR) is 78.0 cm³/mol. The van der Waals surface area contributed by atoms with Crippen molar-refractivity contribution < 1.29 is 4.79 Å². The molecule has 100 valence electrons. The van der Waals surface area contributed by atoms with Gasteiger partial charge in [-0.3, -0.25) is 4.79 Å². The molecule has 0 radical (unpaired) electrons. The van der Waals surface area contributed by atoms with Crippen LogP contribution in [0, 0.1) is 16.7 Å². The number of benzene rings is 1. The first-order valence-electron chi connectivity index (χ1n) is 6.11. The lowest BCUT2D eigenvalue weighted by molar-refractivity contribution is 0.0661. The quantitative estimate of drug-likeness (QED) is 0.778. The summed E-state index contributed by atoms with van der Waals surface area (Å²) in [5.41, 5.74) is 0.294. The minimum Gasteiger partial charge on any atom is -0.339 e. The van der Waals surface area contributed by atoms with Crippen LogP contribution in [0.25, 0.3) is 0 Å². The van der Waals surface area contributed by atoms with E-state index >= 15 is 0 Å². The third kappa shape index (κ3) is 3.10. The van der Waals surface area contributed by atoms with Crippen LogP contribution in [0.2, 0.25) is 5.02 Å². The Morgan fingerprint density at radius 2 is 2.11 bits per heavy atom. The first-order chi connectivity index (χ1) is 8.95.